The van der Waals surface area contributed by atoms with E-state index in [9.17, 15) is 5.11 Å². The zero-order valence-electron chi connectivity index (χ0n) is 7.51. The second-order valence-corrected chi connectivity index (χ2v) is 2.81. The van der Waals surface area contributed by atoms with Gasteiger partial charge in [-0.15, -0.1) is 0 Å². The Morgan fingerprint density at radius 1 is 1.00 bits per heavy atom. The van der Waals surface area contributed by atoms with Crippen LogP contribution >= 0.6 is 0 Å². The summed E-state index contributed by atoms with van der Waals surface area (Å²) in [5.41, 5.74) is 0. The fraction of sp³-hybridized carbons (Fsp3) is 0.800. The molecule has 0 unspecified atom stereocenters. The minimum absolute atomic E-state index is 0.0959. The Morgan fingerprint density at radius 2 is 1.73 bits per heavy atom. The molecular formula is C10H19O. The molecule has 0 aromatic rings. The van der Waals surface area contributed by atoms with E-state index in [0.717, 1.165) is 19.3 Å². The molecule has 0 heterocycles. The molecule has 1 nitrogen and oxygen atoms in total. The first-order chi connectivity index (χ1) is 5.41. The van der Waals surface area contributed by atoms with Gasteiger partial charge in [-0.1, -0.05) is 31.9 Å². The van der Waals surface area contributed by atoms with Crippen LogP contribution in [0.25, 0.3) is 0 Å². The van der Waals surface area contributed by atoms with Crippen LogP contribution in [0, 0.1) is 0 Å². The third-order valence-corrected chi connectivity index (χ3v) is 1.64. The van der Waals surface area contributed by atoms with Gasteiger partial charge in [-0.05, 0) is 25.7 Å². The van der Waals surface area contributed by atoms with E-state index >= 15 is 0 Å². The van der Waals surface area contributed by atoms with Crippen LogP contribution in [0.3, 0.4) is 0 Å². The standard InChI is InChI=1S/C10H19O/c1-2-3-4-5-6-7-8-9-10-11/h4-5H,2-3,6-10H2,1H3/b5-4+. The maximum absolute atomic E-state index is 10.0. The van der Waals surface area contributed by atoms with Crippen LogP contribution in [0.1, 0.15) is 45.4 Å². The highest BCUT2D eigenvalue weighted by Crippen LogP contribution is 2.00. The molecule has 0 spiro atoms. The van der Waals surface area contributed by atoms with Gasteiger partial charge in [0.25, 0.3) is 0 Å². The van der Waals surface area contributed by atoms with Crippen molar-refractivity contribution in [1.82, 2.24) is 0 Å². The maximum atomic E-state index is 10.0. The van der Waals surface area contributed by atoms with Crippen LogP contribution < -0.4 is 0 Å². The first kappa shape index (κ1) is 10.7. The molecule has 0 saturated carbocycles. The largest absolute Gasteiger partial charge is 0.237 e. The van der Waals surface area contributed by atoms with E-state index in [1.54, 1.807) is 0 Å². The zero-order chi connectivity index (χ0) is 8.36. The minimum Gasteiger partial charge on any atom is -0.237 e. The third-order valence-electron chi connectivity index (χ3n) is 1.64. The molecule has 0 amide bonds. The van der Waals surface area contributed by atoms with Crippen molar-refractivity contribution in [1.29, 1.82) is 0 Å². The Bertz CT molecular complexity index is 86.9. The van der Waals surface area contributed by atoms with Gasteiger partial charge in [0.1, 0.15) is 0 Å². The highest BCUT2D eigenvalue weighted by atomic mass is 16.2. The van der Waals surface area contributed by atoms with Crippen LogP contribution in [0.4, 0.5) is 0 Å². The van der Waals surface area contributed by atoms with Gasteiger partial charge in [0, 0.05) is 0 Å². The van der Waals surface area contributed by atoms with Crippen molar-refractivity contribution in [3.63, 3.8) is 0 Å². The SMILES string of the molecule is CCC/C=C/CCCCC[O]. The lowest BCUT2D eigenvalue weighted by atomic mass is 10.2. The fourth-order valence-corrected chi connectivity index (χ4v) is 0.943. The summed E-state index contributed by atoms with van der Waals surface area (Å²) in [5.74, 6) is 0. The van der Waals surface area contributed by atoms with E-state index < -0.39 is 0 Å². The van der Waals surface area contributed by atoms with E-state index in [1.807, 2.05) is 0 Å². The van der Waals surface area contributed by atoms with Crippen LogP contribution in [-0.2, 0) is 5.11 Å². The van der Waals surface area contributed by atoms with Crippen LogP contribution in [0.5, 0.6) is 0 Å². The van der Waals surface area contributed by atoms with Crippen molar-refractivity contribution in [3.05, 3.63) is 12.2 Å². The average Bonchev–Trinajstić information content (AvgIpc) is 2.03. The molecule has 0 rings (SSSR count). The predicted molar refractivity (Wildman–Crippen MR) is 48.1 cm³/mol. The molecule has 0 bridgehead atoms. The molecule has 0 aromatic heterocycles. The summed E-state index contributed by atoms with van der Waals surface area (Å²) in [5, 5.41) is 10.0. The third kappa shape index (κ3) is 9.70. The maximum Gasteiger partial charge on any atom is 0.0822 e. The van der Waals surface area contributed by atoms with E-state index in [-0.39, 0.29) is 6.61 Å². The molecule has 65 valence electrons. The fourth-order valence-electron chi connectivity index (χ4n) is 0.943. The summed E-state index contributed by atoms with van der Waals surface area (Å²) in [6, 6.07) is 0. The van der Waals surface area contributed by atoms with Crippen molar-refractivity contribution in [2.75, 3.05) is 6.61 Å². The monoisotopic (exact) mass is 155 g/mol. The summed E-state index contributed by atoms with van der Waals surface area (Å²) < 4.78 is 0. The Morgan fingerprint density at radius 3 is 2.36 bits per heavy atom. The molecule has 0 saturated heterocycles. The van der Waals surface area contributed by atoms with Gasteiger partial charge in [0.05, 0.1) is 6.61 Å². The van der Waals surface area contributed by atoms with E-state index in [0.29, 0.717) is 0 Å². The average molecular weight is 155 g/mol. The highest BCUT2D eigenvalue weighted by Gasteiger charge is 1.84. The van der Waals surface area contributed by atoms with Crippen LogP contribution in [-0.4, -0.2) is 6.61 Å². The van der Waals surface area contributed by atoms with Gasteiger partial charge < -0.3 is 0 Å². The summed E-state index contributed by atoms with van der Waals surface area (Å²) >= 11 is 0. The van der Waals surface area contributed by atoms with Gasteiger partial charge in [-0.25, -0.2) is 5.11 Å². The van der Waals surface area contributed by atoms with Crippen molar-refractivity contribution in [2.45, 2.75) is 45.4 Å². The predicted octanol–water partition coefficient (Wildman–Crippen LogP) is 3.33. The second kappa shape index (κ2) is 9.70. The number of allylic oxidation sites excluding steroid dienone is 2. The molecule has 11 heavy (non-hydrogen) atoms. The molecule has 0 aromatic carbocycles. The van der Waals surface area contributed by atoms with E-state index in [2.05, 4.69) is 19.1 Å². The minimum atomic E-state index is 0.0959. The lowest BCUT2D eigenvalue weighted by Gasteiger charge is -1.92. The van der Waals surface area contributed by atoms with Gasteiger partial charge in [-0.2, -0.15) is 0 Å². The second-order valence-electron chi connectivity index (χ2n) is 2.81. The summed E-state index contributed by atoms with van der Waals surface area (Å²) in [6.45, 7) is 2.28. The zero-order valence-corrected chi connectivity index (χ0v) is 7.51. The Hall–Kier alpha value is -0.300. The first-order valence-corrected chi connectivity index (χ1v) is 4.65. The molecule has 0 aliphatic rings. The summed E-state index contributed by atoms with van der Waals surface area (Å²) in [6.07, 6.45) is 11.2. The van der Waals surface area contributed by atoms with Gasteiger partial charge in [-0.3, -0.25) is 0 Å². The molecule has 0 aliphatic carbocycles. The van der Waals surface area contributed by atoms with Gasteiger partial charge in [0.15, 0.2) is 0 Å². The molecule has 0 atom stereocenters. The van der Waals surface area contributed by atoms with Gasteiger partial charge >= 0.3 is 0 Å². The van der Waals surface area contributed by atoms with E-state index in [4.69, 9.17) is 0 Å². The van der Waals surface area contributed by atoms with Crippen molar-refractivity contribution >= 4 is 0 Å². The van der Waals surface area contributed by atoms with Crippen LogP contribution in [0.2, 0.25) is 0 Å². The molecule has 1 radical (unpaired) electrons. The topological polar surface area (TPSA) is 19.9 Å². The number of unbranched alkanes of at least 4 members (excludes halogenated alkanes) is 4. The molecule has 0 aliphatic heterocycles. The first-order valence-electron chi connectivity index (χ1n) is 4.65. The Balaban J connectivity index is 2.89. The lowest BCUT2D eigenvalue weighted by molar-refractivity contribution is 0.186. The molecule has 0 N–H and O–H groups in total. The van der Waals surface area contributed by atoms with Gasteiger partial charge in [0.2, 0.25) is 0 Å². The normalized spacial score (nSPS) is 11.1. The number of hydrogen-bond donors (Lipinski definition) is 0. The Labute approximate surface area is 70.1 Å². The van der Waals surface area contributed by atoms with Crippen molar-refractivity contribution in [2.24, 2.45) is 0 Å². The quantitative estimate of drug-likeness (QED) is 0.397. The summed E-state index contributed by atoms with van der Waals surface area (Å²) in [7, 11) is 0. The molecular weight excluding hydrogens is 136 g/mol. The van der Waals surface area contributed by atoms with Crippen LogP contribution in [0.15, 0.2) is 12.2 Å². The molecule has 1 heteroatoms. The summed E-state index contributed by atoms with van der Waals surface area (Å²) in [4.78, 5) is 0. The highest BCUT2D eigenvalue weighted by molar-refractivity contribution is 4.80. The molecule has 0 fully saturated rings. The Kier molecular flexibility index (Phi) is 9.44. The van der Waals surface area contributed by atoms with Crippen molar-refractivity contribution in [3.8, 4) is 0 Å². The number of rotatable bonds is 7. The number of hydrogen-bond acceptors (Lipinski definition) is 0. The van der Waals surface area contributed by atoms with E-state index in [1.165, 1.54) is 19.3 Å². The van der Waals surface area contributed by atoms with Crippen molar-refractivity contribution < 1.29 is 5.11 Å². The smallest absolute Gasteiger partial charge is 0.0822 e. The lowest BCUT2D eigenvalue weighted by Crippen LogP contribution is -1.79.